The van der Waals surface area contributed by atoms with Crippen molar-refractivity contribution in [1.82, 2.24) is 25.2 Å². The zero-order valence-corrected chi connectivity index (χ0v) is 8.66. The topological polar surface area (TPSA) is 68.5 Å². The lowest BCUT2D eigenvalue weighted by molar-refractivity contribution is 0.538. The zero-order valence-electron chi connectivity index (χ0n) is 7.09. The maximum Gasteiger partial charge on any atom is 0.184 e. The second kappa shape index (κ2) is 4.34. The zero-order chi connectivity index (χ0) is 9.80. The van der Waals surface area contributed by atoms with Crippen LogP contribution >= 0.6 is 22.9 Å². The molecule has 0 unspecified atom stereocenters. The highest BCUT2D eigenvalue weighted by Crippen LogP contribution is 2.18. The molecule has 0 atom stereocenters. The van der Waals surface area contributed by atoms with E-state index in [0.717, 1.165) is 5.13 Å². The summed E-state index contributed by atoms with van der Waals surface area (Å²) in [5.74, 6) is 0. The Morgan fingerprint density at radius 1 is 1.57 bits per heavy atom. The van der Waals surface area contributed by atoms with Gasteiger partial charge >= 0.3 is 0 Å². The van der Waals surface area contributed by atoms with Gasteiger partial charge in [0.05, 0.1) is 6.54 Å². The number of rotatable bonds is 4. The highest BCUT2D eigenvalue weighted by Gasteiger charge is 1.98. The maximum atomic E-state index is 5.66. The standard InChI is InChI=1S/C6H7ClN6S/c7-5-3-14-6(11-5)8-1-2-13-10-4-9-12-13/h3-4H,1-2H2,(H,8,11). The predicted molar refractivity (Wildman–Crippen MR) is 53.4 cm³/mol. The van der Waals surface area contributed by atoms with E-state index < -0.39 is 0 Å². The molecule has 0 saturated heterocycles. The van der Waals surface area contributed by atoms with Crippen molar-refractivity contribution in [2.75, 3.05) is 11.9 Å². The first-order valence-electron chi connectivity index (χ1n) is 3.90. The van der Waals surface area contributed by atoms with Crippen LogP contribution in [0.1, 0.15) is 0 Å². The van der Waals surface area contributed by atoms with Crippen LogP contribution in [0.15, 0.2) is 11.7 Å². The van der Waals surface area contributed by atoms with Crippen LogP contribution in [0, 0.1) is 0 Å². The van der Waals surface area contributed by atoms with Crippen molar-refractivity contribution in [2.24, 2.45) is 0 Å². The molecule has 2 rings (SSSR count). The molecule has 0 aliphatic heterocycles. The predicted octanol–water partition coefficient (Wildman–Crippen LogP) is 0.895. The number of hydrogen-bond acceptors (Lipinski definition) is 6. The van der Waals surface area contributed by atoms with Crippen LogP contribution in [0.5, 0.6) is 0 Å². The lowest BCUT2D eigenvalue weighted by Gasteiger charge is -1.99. The van der Waals surface area contributed by atoms with Gasteiger partial charge in [-0.2, -0.15) is 4.80 Å². The van der Waals surface area contributed by atoms with Crippen LogP contribution < -0.4 is 5.32 Å². The van der Waals surface area contributed by atoms with Gasteiger partial charge in [0.15, 0.2) is 11.5 Å². The number of halogens is 1. The number of nitrogens with one attached hydrogen (secondary N) is 1. The molecule has 0 fully saturated rings. The molecule has 0 radical (unpaired) electrons. The summed E-state index contributed by atoms with van der Waals surface area (Å²) in [6.07, 6.45) is 1.40. The number of anilines is 1. The van der Waals surface area contributed by atoms with Crippen LogP contribution in [-0.2, 0) is 6.54 Å². The van der Waals surface area contributed by atoms with Gasteiger partial charge in [-0.25, -0.2) is 4.98 Å². The monoisotopic (exact) mass is 230 g/mol. The third kappa shape index (κ3) is 2.39. The van der Waals surface area contributed by atoms with Crippen molar-refractivity contribution >= 4 is 28.1 Å². The van der Waals surface area contributed by atoms with Gasteiger partial charge in [-0.15, -0.1) is 21.5 Å². The van der Waals surface area contributed by atoms with Crippen molar-refractivity contribution in [3.8, 4) is 0 Å². The van der Waals surface area contributed by atoms with E-state index in [1.54, 1.807) is 5.38 Å². The Morgan fingerprint density at radius 2 is 2.50 bits per heavy atom. The Kier molecular flexibility index (Phi) is 2.90. The van der Waals surface area contributed by atoms with Gasteiger partial charge in [-0.1, -0.05) is 11.6 Å². The van der Waals surface area contributed by atoms with E-state index in [0.29, 0.717) is 18.2 Å². The lowest BCUT2D eigenvalue weighted by Crippen LogP contribution is -2.12. The molecule has 0 saturated carbocycles. The van der Waals surface area contributed by atoms with Crippen molar-refractivity contribution in [1.29, 1.82) is 0 Å². The molecular formula is C6H7ClN6S. The quantitative estimate of drug-likeness (QED) is 0.845. The fraction of sp³-hybridized carbons (Fsp3) is 0.333. The Hall–Kier alpha value is -1.21. The number of tetrazole rings is 1. The van der Waals surface area contributed by atoms with Crippen LogP contribution in [0.3, 0.4) is 0 Å². The Labute approximate surface area is 88.9 Å². The van der Waals surface area contributed by atoms with Gasteiger partial charge in [0.2, 0.25) is 0 Å². The fourth-order valence-corrected chi connectivity index (χ4v) is 1.76. The van der Waals surface area contributed by atoms with E-state index in [1.807, 2.05) is 0 Å². The average Bonchev–Trinajstić information content (AvgIpc) is 2.77. The lowest BCUT2D eigenvalue weighted by atomic mass is 10.6. The first-order valence-corrected chi connectivity index (χ1v) is 5.16. The molecule has 0 spiro atoms. The van der Waals surface area contributed by atoms with Crippen LogP contribution in [0.4, 0.5) is 5.13 Å². The molecule has 0 aliphatic carbocycles. The van der Waals surface area contributed by atoms with Gasteiger partial charge in [0.1, 0.15) is 5.15 Å². The van der Waals surface area contributed by atoms with Crippen LogP contribution in [-0.4, -0.2) is 31.7 Å². The van der Waals surface area contributed by atoms with Gasteiger partial charge in [-0.05, 0) is 5.21 Å². The summed E-state index contributed by atoms with van der Waals surface area (Å²) >= 11 is 7.13. The highest BCUT2D eigenvalue weighted by molar-refractivity contribution is 7.14. The number of aromatic nitrogens is 5. The molecule has 0 aliphatic rings. The Morgan fingerprint density at radius 3 is 3.14 bits per heavy atom. The van der Waals surface area contributed by atoms with E-state index in [-0.39, 0.29) is 0 Å². The van der Waals surface area contributed by atoms with Crippen molar-refractivity contribution in [3.05, 3.63) is 16.9 Å². The molecule has 2 heterocycles. The van der Waals surface area contributed by atoms with Crippen molar-refractivity contribution < 1.29 is 0 Å². The van der Waals surface area contributed by atoms with E-state index in [2.05, 4.69) is 25.7 Å². The molecule has 0 bridgehead atoms. The van der Waals surface area contributed by atoms with E-state index in [9.17, 15) is 0 Å². The third-order valence-electron chi connectivity index (χ3n) is 1.46. The summed E-state index contributed by atoms with van der Waals surface area (Å²) in [5, 5.41) is 17.4. The summed E-state index contributed by atoms with van der Waals surface area (Å²) in [6.45, 7) is 1.34. The van der Waals surface area contributed by atoms with Crippen molar-refractivity contribution in [3.63, 3.8) is 0 Å². The summed E-state index contributed by atoms with van der Waals surface area (Å²) in [5.41, 5.74) is 0. The number of hydrogen-bond donors (Lipinski definition) is 1. The molecular weight excluding hydrogens is 224 g/mol. The van der Waals surface area contributed by atoms with Gasteiger partial charge in [0, 0.05) is 11.9 Å². The number of nitrogens with zero attached hydrogens (tertiary/aromatic N) is 5. The van der Waals surface area contributed by atoms with Gasteiger partial charge in [-0.3, -0.25) is 0 Å². The number of thiazole rings is 1. The highest BCUT2D eigenvalue weighted by atomic mass is 35.5. The van der Waals surface area contributed by atoms with E-state index >= 15 is 0 Å². The Bertz CT molecular complexity index is 385. The van der Waals surface area contributed by atoms with E-state index in [4.69, 9.17) is 11.6 Å². The summed E-state index contributed by atoms with van der Waals surface area (Å²) in [6, 6.07) is 0. The molecule has 6 nitrogen and oxygen atoms in total. The second-order valence-corrected chi connectivity index (χ2v) is 3.68. The second-order valence-electron chi connectivity index (χ2n) is 2.43. The first-order chi connectivity index (χ1) is 6.84. The molecule has 1 N–H and O–H groups in total. The molecule has 0 amide bonds. The minimum atomic E-state index is 0.511. The van der Waals surface area contributed by atoms with Crippen LogP contribution in [0.25, 0.3) is 0 Å². The third-order valence-corrected chi connectivity index (χ3v) is 2.58. The summed E-state index contributed by atoms with van der Waals surface area (Å²) in [4.78, 5) is 5.54. The Balaban J connectivity index is 1.78. The molecule has 8 heteroatoms. The minimum Gasteiger partial charge on any atom is -0.360 e. The van der Waals surface area contributed by atoms with E-state index in [1.165, 1.54) is 22.5 Å². The smallest absolute Gasteiger partial charge is 0.184 e. The summed E-state index contributed by atoms with van der Waals surface area (Å²) in [7, 11) is 0. The molecule has 0 aromatic carbocycles. The molecule has 74 valence electrons. The normalized spacial score (nSPS) is 10.4. The minimum absolute atomic E-state index is 0.511. The van der Waals surface area contributed by atoms with Gasteiger partial charge < -0.3 is 5.32 Å². The van der Waals surface area contributed by atoms with Crippen molar-refractivity contribution in [2.45, 2.75) is 6.54 Å². The maximum absolute atomic E-state index is 5.66. The molecule has 14 heavy (non-hydrogen) atoms. The van der Waals surface area contributed by atoms with Gasteiger partial charge in [0.25, 0.3) is 0 Å². The first kappa shape index (κ1) is 9.35. The molecule has 2 aromatic rings. The van der Waals surface area contributed by atoms with Crippen LogP contribution in [0.2, 0.25) is 5.15 Å². The largest absolute Gasteiger partial charge is 0.360 e. The SMILES string of the molecule is Clc1csc(NCCn2ncnn2)n1. The average molecular weight is 231 g/mol. The summed E-state index contributed by atoms with van der Waals surface area (Å²) < 4.78 is 0. The molecule has 2 aromatic heterocycles. The fourth-order valence-electron chi connectivity index (χ4n) is 0.889.